The molecule has 0 spiro atoms. The number of hydrogen-bond acceptors (Lipinski definition) is 2. The number of rotatable bonds is 3. The maximum atomic E-state index is 11.2. The number of aromatic nitrogens is 2. The molecule has 0 bridgehead atoms. The molecule has 1 aromatic heterocycles. The van der Waals surface area contributed by atoms with Crippen LogP contribution in [0, 0.1) is 5.92 Å². The van der Waals surface area contributed by atoms with Gasteiger partial charge in [0.1, 0.15) is 0 Å². The molecule has 0 aromatic carbocycles. The van der Waals surface area contributed by atoms with Crippen molar-refractivity contribution >= 4 is 0 Å². The van der Waals surface area contributed by atoms with Gasteiger partial charge in [0.05, 0.1) is 0 Å². The van der Waals surface area contributed by atoms with Crippen LogP contribution in [-0.2, 0) is 6.54 Å². The highest BCUT2D eigenvalue weighted by atomic mass is 16.2. The maximum Gasteiger partial charge on any atom is 0.316 e. The minimum absolute atomic E-state index is 0.469. The Morgan fingerprint density at radius 1 is 1.46 bits per heavy atom. The van der Waals surface area contributed by atoms with Gasteiger partial charge >= 0.3 is 11.1 Å². The second-order valence-corrected chi connectivity index (χ2v) is 3.47. The van der Waals surface area contributed by atoms with E-state index in [-0.39, 0.29) is 0 Å². The number of H-pyrrole nitrogens is 1. The lowest BCUT2D eigenvalue weighted by atomic mass is 10.1. The van der Waals surface area contributed by atoms with Crippen LogP contribution in [0.1, 0.15) is 20.3 Å². The second kappa shape index (κ2) is 4.07. The van der Waals surface area contributed by atoms with Crippen molar-refractivity contribution in [3.63, 3.8) is 0 Å². The lowest BCUT2D eigenvalue weighted by molar-refractivity contribution is 0.504. The molecule has 13 heavy (non-hydrogen) atoms. The molecule has 0 radical (unpaired) electrons. The van der Waals surface area contributed by atoms with Crippen LogP contribution in [0.2, 0.25) is 0 Å². The van der Waals surface area contributed by atoms with Crippen LogP contribution in [0.15, 0.2) is 22.0 Å². The highest BCUT2D eigenvalue weighted by Gasteiger charge is 2.00. The van der Waals surface area contributed by atoms with Gasteiger partial charge < -0.3 is 9.55 Å². The molecule has 0 saturated heterocycles. The second-order valence-electron chi connectivity index (χ2n) is 3.47. The van der Waals surface area contributed by atoms with E-state index in [1.165, 1.54) is 10.8 Å². The molecule has 0 aliphatic carbocycles. The lowest BCUT2D eigenvalue weighted by Gasteiger charge is -2.05. The zero-order valence-electron chi connectivity index (χ0n) is 7.91. The summed E-state index contributed by atoms with van der Waals surface area (Å²) in [5.41, 5.74) is -1.02. The molecule has 0 atom stereocenters. The molecule has 72 valence electrons. The van der Waals surface area contributed by atoms with Crippen LogP contribution in [0.4, 0.5) is 0 Å². The van der Waals surface area contributed by atoms with Crippen LogP contribution < -0.4 is 11.1 Å². The molecule has 1 rings (SSSR count). The van der Waals surface area contributed by atoms with Crippen molar-refractivity contribution < 1.29 is 0 Å². The fourth-order valence-corrected chi connectivity index (χ4v) is 1.04. The van der Waals surface area contributed by atoms with Crippen LogP contribution in [-0.4, -0.2) is 9.55 Å². The van der Waals surface area contributed by atoms with Gasteiger partial charge in [-0.25, -0.2) is 0 Å². The Labute approximate surface area is 76.2 Å². The van der Waals surface area contributed by atoms with E-state index in [0.717, 1.165) is 6.42 Å². The summed E-state index contributed by atoms with van der Waals surface area (Å²) in [6.45, 7) is 4.77. The van der Waals surface area contributed by atoms with Crippen molar-refractivity contribution in [3.8, 4) is 0 Å². The molecule has 4 heteroatoms. The minimum Gasteiger partial charge on any atom is -0.323 e. The number of aryl methyl sites for hydroxylation is 1. The predicted molar refractivity (Wildman–Crippen MR) is 50.8 cm³/mol. The molecule has 0 fully saturated rings. The average molecular weight is 182 g/mol. The Hall–Kier alpha value is -1.32. The summed E-state index contributed by atoms with van der Waals surface area (Å²) in [5.74, 6) is 0.534. The van der Waals surface area contributed by atoms with Gasteiger partial charge in [-0.2, -0.15) is 0 Å². The minimum atomic E-state index is -0.550. The molecule has 1 heterocycles. The first-order valence-electron chi connectivity index (χ1n) is 4.39. The number of hydrogen-bond donors (Lipinski definition) is 1. The van der Waals surface area contributed by atoms with Gasteiger partial charge in [0, 0.05) is 18.9 Å². The summed E-state index contributed by atoms with van der Waals surface area (Å²) in [6.07, 6.45) is 4.00. The predicted octanol–water partition coefficient (Wildman–Crippen LogP) is 0.583. The largest absolute Gasteiger partial charge is 0.323 e. The Kier molecular flexibility index (Phi) is 3.06. The summed E-state index contributed by atoms with van der Waals surface area (Å²) in [5, 5.41) is 0. The van der Waals surface area contributed by atoms with E-state index in [2.05, 4.69) is 18.8 Å². The number of nitrogens with one attached hydrogen (secondary N) is 1. The topological polar surface area (TPSA) is 54.9 Å². The van der Waals surface area contributed by atoms with Gasteiger partial charge in [-0.05, 0) is 12.3 Å². The summed E-state index contributed by atoms with van der Waals surface area (Å²) >= 11 is 0. The van der Waals surface area contributed by atoms with Crippen LogP contribution in [0.3, 0.4) is 0 Å². The molecule has 1 N–H and O–H groups in total. The molecule has 4 nitrogen and oxygen atoms in total. The number of aromatic amines is 1. The molecule has 1 aromatic rings. The van der Waals surface area contributed by atoms with Crippen molar-refractivity contribution in [2.75, 3.05) is 0 Å². The summed E-state index contributed by atoms with van der Waals surface area (Å²) in [4.78, 5) is 24.4. The van der Waals surface area contributed by atoms with Crippen molar-refractivity contribution in [3.05, 3.63) is 33.1 Å². The van der Waals surface area contributed by atoms with E-state index in [0.29, 0.717) is 12.5 Å². The third-order valence-electron chi connectivity index (χ3n) is 1.87. The standard InChI is InChI=1S/C9H14N2O2/c1-7(2)3-5-11-6-4-10-8(12)9(11)13/h4,6-7H,3,5H2,1-2H3,(H,10,12). The zero-order valence-corrected chi connectivity index (χ0v) is 7.91. The fraction of sp³-hybridized carbons (Fsp3) is 0.556. The monoisotopic (exact) mass is 182 g/mol. The highest BCUT2D eigenvalue weighted by Crippen LogP contribution is 1.99. The Bertz CT molecular complexity index is 376. The summed E-state index contributed by atoms with van der Waals surface area (Å²) in [7, 11) is 0. The van der Waals surface area contributed by atoms with E-state index >= 15 is 0 Å². The van der Waals surface area contributed by atoms with Gasteiger partial charge in [0.2, 0.25) is 0 Å². The molecule has 0 aliphatic heterocycles. The van der Waals surface area contributed by atoms with Gasteiger partial charge in [-0.15, -0.1) is 0 Å². The van der Waals surface area contributed by atoms with Crippen molar-refractivity contribution in [1.29, 1.82) is 0 Å². The molecule has 0 amide bonds. The van der Waals surface area contributed by atoms with Crippen LogP contribution >= 0.6 is 0 Å². The summed E-state index contributed by atoms with van der Waals surface area (Å²) < 4.78 is 1.44. The molecule has 0 aliphatic rings. The highest BCUT2D eigenvalue weighted by molar-refractivity contribution is 4.81. The first-order valence-corrected chi connectivity index (χ1v) is 4.39. The van der Waals surface area contributed by atoms with E-state index in [1.807, 2.05) is 0 Å². The van der Waals surface area contributed by atoms with E-state index in [9.17, 15) is 9.59 Å². The van der Waals surface area contributed by atoms with E-state index in [4.69, 9.17) is 0 Å². The fourth-order valence-electron chi connectivity index (χ4n) is 1.04. The third kappa shape index (κ3) is 2.57. The Morgan fingerprint density at radius 2 is 2.15 bits per heavy atom. The van der Waals surface area contributed by atoms with Gasteiger partial charge in [0.25, 0.3) is 0 Å². The van der Waals surface area contributed by atoms with Gasteiger partial charge in [-0.1, -0.05) is 13.8 Å². The maximum absolute atomic E-state index is 11.2. The molecular weight excluding hydrogens is 168 g/mol. The first kappa shape index (κ1) is 9.77. The summed E-state index contributed by atoms with van der Waals surface area (Å²) in [6, 6.07) is 0. The zero-order chi connectivity index (χ0) is 9.84. The quantitative estimate of drug-likeness (QED) is 0.695. The average Bonchev–Trinajstić information content (AvgIpc) is 2.07. The Morgan fingerprint density at radius 3 is 2.77 bits per heavy atom. The lowest BCUT2D eigenvalue weighted by Crippen LogP contribution is -2.35. The van der Waals surface area contributed by atoms with Crippen LogP contribution in [0.5, 0.6) is 0 Å². The van der Waals surface area contributed by atoms with Crippen molar-refractivity contribution in [2.24, 2.45) is 5.92 Å². The smallest absolute Gasteiger partial charge is 0.316 e. The molecule has 0 saturated carbocycles. The van der Waals surface area contributed by atoms with Crippen molar-refractivity contribution in [2.45, 2.75) is 26.8 Å². The van der Waals surface area contributed by atoms with Crippen LogP contribution in [0.25, 0.3) is 0 Å². The van der Waals surface area contributed by atoms with Gasteiger partial charge in [0.15, 0.2) is 0 Å². The van der Waals surface area contributed by atoms with Crippen molar-refractivity contribution in [1.82, 2.24) is 9.55 Å². The third-order valence-corrected chi connectivity index (χ3v) is 1.87. The first-order chi connectivity index (χ1) is 6.11. The Balaban J connectivity index is 2.84. The SMILES string of the molecule is CC(C)CCn1cc[nH]c(=O)c1=O. The number of nitrogens with zero attached hydrogens (tertiary/aromatic N) is 1. The normalized spacial score (nSPS) is 10.7. The van der Waals surface area contributed by atoms with E-state index in [1.54, 1.807) is 6.20 Å². The molecule has 0 unspecified atom stereocenters. The molecular formula is C9H14N2O2. The van der Waals surface area contributed by atoms with Gasteiger partial charge in [-0.3, -0.25) is 9.59 Å². The van der Waals surface area contributed by atoms with E-state index < -0.39 is 11.1 Å².